The summed E-state index contributed by atoms with van der Waals surface area (Å²) in [6.07, 6.45) is 0.493. The predicted octanol–water partition coefficient (Wildman–Crippen LogP) is 1.74. The van der Waals surface area contributed by atoms with E-state index in [0.29, 0.717) is 0 Å². The molecule has 19 heavy (non-hydrogen) atoms. The van der Waals surface area contributed by atoms with Gasteiger partial charge in [-0.25, -0.2) is 8.42 Å². The summed E-state index contributed by atoms with van der Waals surface area (Å²) in [6, 6.07) is 5.87. The van der Waals surface area contributed by atoms with E-state index < -0.39 is 21.2 Å². The molecule has 1 aliphatic heterocycles. The van der Waals surface area contributed by atoms with Crippen LogP contribution in [0.1, 0.15) is 23.1 Å². The van der Waals surface area contributed by atoms with Crippen molar-refractivity contribution in [2.24, 2.45) is 5.41 Å². The Bertz CT molecular complexity index is 618. The van der Waals surface area contributed by atoms with Gasteiger partial charge in [-0.15, -0.1) is 0 Å². The number of carbonyl (C=O) groups is 1. The van der Waals surface area contributed by atoms with Gasteiger partial charge in [0, 0.05) is 0 Å². The molecule has 104 valence electrons. The minimum absolute atomic E-state index is 0.0236. The van der Waals surface area contributed by atoms with Crippen molar-refractivity contribution in [3.63, 3.8) is 0 Å². The van der Waals surface area contributed by atoms with Crippen molar-refractivity contribution in [3.8, 4) is 0 Å². The first-order valence-corrected chi connectivity index (χ1v) is 8.06. The molecule has 1 unspecified atom stereocenters. The van der Waals surface area contributed by atoms with Crippen LogP contribution in [-0.4, -0.2) is 31.0 Å². The molecule has 0 aliphatic carbocycles. The van der Waals surface area contributed by atoms with Crippen LogP contribution in [0.4, 0.5) is 0 Å². The average molecular weight is 282 g/mol. The lowest BCUT2D eigenvalue weighted by Crippen LogP contribution is -2.34. The number of aryl methyl sites for hydroxylation is 2. The Kier molecular flexibility index (Phi) is 3.43. The van der Waals surface area contributed by atoms with Gasteiger partial charge in [-0.1, -0.05) is 23.8 Å². The molecule has 1 heterocycles. The van der Waals surface area contributed by atoms with Gasteiger partial charge in [-0.05, 0) is 37.8 Å². The van der Waals surface area contributed by atoms with E-state index >= 15 is 0 Å². The number of aliphatic carboxylic acids is 1. The van der Waals surface area contributed by atoms with E-state index in [1.807, 2.05) is 32.0 Å². The number of benzene rings is 1. The summed E-state index contributed by atoms with van der Waals surface area (Å²) in [4.78, 5) is 11.5. The lowest BCUT2D eigenvalue weighted by atomic mass is 9.80. The largest absolute Gasteiger partial charge is 0.481 e. The fourth-order valence-electron chi connectivity index (χ4n) is 2.66. The van der Waals surface area contributed by atoms with Gasteiger partial charge in [-0.3, -0.25) is 4.79 Å². The SMILES string of the molecule is Cc1ccc(C)c(CC2(C(=O)O)CCS(=O)(=O)C2)c1. The molecule has 0 aromatic heterocycles. The van der Waals surface area contributed by atoms with Crippen LogP contribution in [-0.2, 0) is 21.1 Å². The Hall–Kier alpha value is -1.36. The van der Waals surface area contributed by atoms with Crippen molar-refractivity contribution in [3.05, 3.63) is 34.9 Å². The molecule has 0 saturated carbocycles. The summed E-state index contributed by atoms with van der Waals surface area (Å²) in [5.41, 5.74) is 1.84. The molecule has 1 N–H and O–H groups in total. The normalized spacial score (nSPS) is 25.4. The lowest BCUT2D eigenvalue weighted by molar-refractivity contribution is -0.147. The maximum atomic E-state index is 11.6. The highest BCUT2D eigenvalue weighted by molar-refractivity contribution is 7.91. The Morgan fingerprint density at radius 2 is 2.05 bits per heavy atom. The van der Waals surface area contributed by atoms with Crippen molar-refractivity contribution in [1.29, 1.82) is 0 Å². The van der Waals surface area contributed by atoms with Crippen molar-refractivity contribution < 1.29 is 18.3 Å². The van der Waals surface area contributed by atoms with Gasteiger partial charge in [0.15, 0.2) is 9.84 Å². The van der Waals surface area contributed by atoms with Gasteiger partial charge in [-0.2, -0.15) is 0 Å². The van der Waals surface area contributed by atoms with Crippen LogP contribution in [0.5, 0.6) is 0 Å². The third-order valence-electron chi connectivity index (χ3n) is 3.87. The molecule has 0 amide bonds. The van der Waals surface area contributed by atoms with Crippen molar-refractivity contribution in [1.82, 2.24) is 0 Å². The van der Waals surface area contributed by atoms with Crippen LogP contribution in [0.3, 0.4) is 0 Å². The van der Waals surface area contributed by atoms with Crippen LogP contribution in [0.25, 0.3) is 0 Å². The topological polar surface area (TPSA) is 71.4 Å². The summed E-state index contributed by atoms with van der Waals surface area (Å²) < 4.78 is 23.3. The van der Waals surface area contributed by atoms with Gasteiger partial charge < -0.3 is 5.11 Å². The summed E-state index contributed by atoms with van der Waals surface area (Å²) in [5, 5.41) is 9.45. The second-order valence-corrected chi connectivity index (χ2v) is 7.72. The number of rotatable bonds is 3. The quantitative estimate of drug-likeness (QED) is 0.916. The molecule has 2 rings (SSSR count). The third kappa shape index (κ3) is 2.81. The maximum absolute atomic E-state index is 11.6. The van der Waals surface area contributed by atoms with Crippen molar-refractivity contribution in [2.75, 3.05) is 11.5 Å². The fraction of sp³-hybridized carbons (Fsp3) is 0.500. The monoisotopic (exact) mass is 282 g/mol. The predicted molar refractivity (Wildman–Crippen MR) is 73.0 cm³/mol. The highest BCUT2D eigenvalue weighted by Crippen LogP contribution is 2.37. The molecule has 1 fully saturated rings. The number of hydrogen-bond acceptors (Lipinski definition) is 3. The molecular weight excluding hydrogens is 264 g/mol. The van der Waals surface area contributed by atoms with Crippen LogP contribution in [0.2, 0.25) is 0 Å². The van der Waals surface area contributed by atoms with E-state index in [9.17, 15) is 18.3 Å². The van der Waals surface area contributed by atoms with E-state index in [1.54, 1.807) is 0 Å². The van der Waals surface area contributed by atoms with Gasteiger partial charge in [0.2, 0.25) is 0 Å². The average Bonchev–Trinajstić information content (AvgIpc) is 2.61. The minimum atomic E-state index is -3.22. The van der Waals surface area contributed by atoms with E-state index in [4.69, 9.17) is 0 Å². The Morgan fingerprint density at radius 1 is 1.37 bits per heavy atom. The smallest absolute Gasteiger partial charge is 0.311 e. The third-order valence-corrected chi connectivity index (χ3v) is 5.69. The van der Waals surface area contributed by atoms with Crippen LogP contribution in [0, 0.1) is 19.3 Å². The molecule has 1 aliphatic rings. The van der Waals surface area contributed by atoms with Gasteiger partial charge >= 0.3 is 5.97 Å². The number of hydrogen-bond donors (Lipinski definition) is 1. The first kappa shape index (κ1) is 14.1. The second kappa shape index (κ2) is 4.63. The molecule has 1 saturated heterocycles. The summed E-state index contributed by atoms with van der Waals surface area (Å²) in [5.74, 6) is -1.28. The van der Waals surface area contributed by atoms with E-state index in [0.717, 1.165) is 16.7 Å². The molecule has 0 radical (unpaired) electrons. The maximum Gasteiger partial charge on any atom is 0.311 e. The van der Waals surface area contributed by atoms with Crippen LogP contribution < -0.4 is 0 Å². The lowest BCUT2D eigenvalue weighted by Gasteiger charge is -2.23. The minimum Gasteiger partial charge on any atom is -0.481 e. The Balaban J connectivity index is 2.38. The van der Waals surface area contributed by atoms with Crippen LogP contribution >= 0.6 is 0 Å². The zero-order chi connectivity index (χ0) is 14.3. The van der Waals surface area contributed by atoms with Gasteiger partial charge in [0.1, 0.15) is 0 Å². The molecule has 0 bridgehead atoms. The molecule has 0 spiro atoms. The van der Waals surface area contributed by atoms with Gasteiger partial charge in [0.25, 0.3) is 0 Å². The Labute approximate surface area is 113 Å². The first-order chi connectivity index (χ1) is 8.74. The highest BCUT2D eigenvalue weighted by atomic mass is 32.2. The summed E-state index contributed by atoms with van der Waals surface area (Å²) in [6.45, 7) is 3.87. The first-order valence-electron chi connectivity index (χ1n) is 6.24. The zero-order valence-corrected chi connectivity index (χ0v) is 12.0. The molecule has 1 aromatic carbocycles. The number of sulfone groups is 1. The molecular formula is C14H18O4S. The fourth-order valence-corrected chi connectivity index (χ4v) is 4.71. The van der Waals surface area contributed by atoms with Crippen molar-refractivity contribution in [2.45, 2.75) is 26.7 Å². The molecule has 4 nitrogen and oxygen atoms in total. The number of carboxylic acid groups (broad SMARTS) is 1. The summed E-state index contributed by atoms with van der Waals surface area (Å²) in [7, 11) is -3.22. The number of carboxylic acids is 1. The van der Waals surface area contributed by atoms with Crippen LogP contribution in [0.15, 0.2) is 18.2 Å². The molecule has 1 aromatic rings. The van der Waals surface area contributed by atoms with E-state index in [-0.39, 0.29) is 24.3 Å². The van der Waals surface area contributed by atoms with E-state index in [2.05, 4.69) is 0 Å². The van der Waals surface area contributed by atoms with Crippen molar-refractivity contribution >= 4 is 15.8 Å². The van der Waals surface area contributed by atoms with Gasteiger partial charge in [0.05, 0.1) is 16.9 Å². The second-order valence-electron chi connectivity index (χ2n) is 5.53. The summed E-state index contributed by atoms with van der Waals surface area (Å²) >= 11 is 0. The highest BCUT2D eigenvalue weighted by Gasteiger charge is 2.48. The molecule has 1 atom stereocenters. The molecule has 5 heteroatoms. The Morgan fingerprint density at radius 3 is 2.58 bits per heavy atom. The standard InChI is InChI=1S/C14H18O4S/c1-10-3-4-11(2)12(7-10)8-14(13(15)16)5-6-19(17,18)9-14/h3-4,7H,5-6,8-9H2,1-2H3,(H,15,16). The zero-order valence-electron chi connectivity index (χ0n) is 11.1. The van der Waals surface area contributed by atoms with E-state index in [1.165, 1.54) is 0 Å².